The number of nitrogens with zero attached hydrogens (tertiary/aromatic N) is 1. The summed E-state index contributed by atoms with van der Waals surface area (Å²) in [6, 6.07) is 5.33. The third-order valence-electron chi connectivity index (χ3n) is 2.24. The van der Waals surface area contributed by atoms with Gasteiger partial charge in [0.2, 0.25) is 0 Å². The number of nitrogens with one attached hydrogen (secondary N) is 1. The zero-order valence-electron chi connectivity index (χ0n) is 10.4. The van der Waals surface area contributed by atoms with Crippen LogP contribution in [0.15, 0.2) is 18.2 Å². The molecular formula is C12H18N2O3. The summed E-state index contributed by atoms with van der Waals surface area (Å²) in [7, 11) is 0. The molecule has 5 nitrogen and oxygen atoms in total. The van der Waals surface area contributed by atoms with Gasteiger partial charge in [0.15, 0.2) is 5.75 Å². The van der Waals surface area contributed by atoms with Gasteiger partial charge in [0.25, 0.3) is 0 Å². The molecule has 0 fully saturated rings. The number of benzene rings is 1. The average Bonchev–Trinajstić information content (AvgIpc) is 2.26. The molecule has 0 saturated heterocycles. The molecule has 0 aliphatic heterocycles. The van der Waals surface area contributed by atoms with E-state index in [0.717, 1.165) is 5.56 Å². The van der Waals surface area contributed by atoms with E-state index in [9.17, 15) is 10.1 Å². The van der Waals surface area contributed by atoms with Crippen LogP contribution < -0.4 is 10.1 Å². The van der Waals surface area contributed by atoms with Crippen LogP contribution in [-0.4, -0.2) is 17.6 Å². The Balaban J connectivity index is 2.89. The summed E-state index contributed by atoms with van der Waals surface area (Å²) in [6.45, 7) is 7.00. The maximum absolute atomic E-state index is 10.8. The summed E-state index contributed by atoms with van der Waals surface area (Å²) in [5, 5.41) is 14.0. The predicted molar refractivity (Wildman–Crippen MR) is 66.2 cm³/mol. The third-order valence-corrected chi connectivity index (χ3v) is 2.24. The fraction of sp³-hybridized carbons (Fsp3) is 0.500. The molecule has 0 atom stereocenters. The molecule has 17 heavy (non-hydrogen) atoms. The third kappa shape index (κ3) is 4.03. The Bertz CT molecular complexity index is 391. The molecule has 0 spiro atoms. The van der Waals surface area contributed by atoms with Gasteiger partial charge in [-0.15, -0.1) is 0 Å². The first-order chi connectivity index (χ1) is 8.04. The van der Waals surface area contributed by atoms with Crippen molar-refractivity contribution in [3.63, 3.8) is 0 Å². The molecule has 5 heteroatoms. The Labute approximate surface area is 101 Å². The molecule has 0 unspecified atom stereocenters. The van der Waals surface area contributed by atoms with Crippen LogP contribution in [0.2, 0.25) is 0 Å². The van der Waals surface area contributed by atoms with Crippen molar-refractivity contribution in [1.82, 2.24) is 5.32 Å². The van der Waals surface area contributed by atoms with Gasteiger partial charge in [-0.25, -0.2) is 0 Å². The highest BCUT2D eigenvalue weighted by atomic mass is 16.6. The minimum Gasteiger partial charge on any atom is -0.487 e. The molecule has 0 aliphatic rings. The number of rotatable bonds is 6. The molecule has 1 rings (SSSR count). The fourth-order valence-corrected chi connectivity index (χ4v) is 1.41. The standard InChI is InChI=1S/C12H18N2O3/c1-4-17-12-7-10(8-13-9(2)3)5-6-11(12)14(15)16/h5-7,9,13H,4,8H2,1-3H3. The molecule has 0 radical (unpaired) electrons. The van der Waals surface area contributed by atoms with E-state index >= 15 is 0 Å². The molecule has 1 aromatic rings. The van der Waals surface area contributed by atoms with Crippen molar-refractivity contribution in [3.05, 3.63) is 33.9 Å². The lowest BCUT2D eigenvalue weighted by Crippen LogP contribution is -2.21. The second-order valence-electron chi connectivity index (χ2n) is 4.03. The van der Waals surface area contributed by atoms with Crippen LogP contribution in [0.25, 0.3) is 0 Å². The van der Waals surface area contributed by atoms with Gasteiger partial charge in [-0.2, -0.15) is 0 Å². The highest BCUT2D eigenvalue weighted by Crippen LogP contribution is 2.27. The largest absolute Gasteiger partial charge is 0.487 e. The molecule has 0 amide bonds. The van der Waals surface area contributed by atoms with Crippen molar-refractivity contribution >= 4 is 5.69 Å². The van der Waals surface area contributed by atoms with E-state index in [4.69, 9.17) is 4.74 Å². The molecule has 1 N–H and O–H groups in total. The molecule has 94 valence electrons. The average molecular weight is 238 g/mol. The second kappa shape index (κ2) is 6.20. The highest BCUT2D eigenvalue weighted by molar-refractivity contribution is 5.48. The Morgan fingerprint density at radius 2 is 2.18 bits per heavy atom. The summed E-state index contributed by atoms with van der Waals surface area (Å²) < 4.78 is 5.28. The van der Waals surface area contributed by atoms with Gasteiger partial charge < -0.3 is 10.1 Å². The van der Waals surface area contributed by atoms with Crippen molar-refractivity contribution in [2.24, 2.45) is 0 Å². The topological polar surface area (TPSA) is 64.4 Å². The summed E-state index contributed by atoms with van der Waals surface area (Å²) >= 11 is 0. The van der Waals surface area contributed by atoms with Crippen molar-refractivity contribution in [3.8, 4) is 5.75 Å². The lowest BCUT2D eigenvalue weighted by atomic mass is 10.2. The minimum absolute atomic E-state index is 0.0140. The van der Waals surface area contributed by atoms with Crippen molar-refractivity contribution in [2.75, 3.05) is 6.61 Å². The molecule has 0 heterocycles. The first kappa shape index (κ1) is 13.4. The first-order valence-electron chi connectivity index (χ1n) is 5.68. The molecule has 1 aromatic carbocycles. The van der Waals surface area contributed by atoms with Gasteiger partial charge in [0.1, 0.15) is 0 Å². The van der Waals surface area contributed by atoms with E-state index in [0.29, 0.717) is 24.9 Å². The summed E-state index contributed by atoms with van der Waals surface area (Å²) in [5.41, 5.74) is 0.993. The Morgan fingerprint density at radius 1 is 1.47 bits per heavy atom. The maximum Gasteiger partial charge on any atom is 0.310 e. The van der Waals surface area contributed by atoms with Crippen LogP contribution in [0.4, 0.5) is 5.69 Å². The highest BCUT2D eigenvalue weighted by Gasteiger charge is 2.15. The van der Waals surface area contributed by atoms with Crippen LogP contribution in [0, 0.1) is 10.1 Å². The summed E-state index contributed by atoms with van der Waals surface area (Å²) in [5.74, 6) is 0.334. The normalized spacial score (nSPS) is 10.6. The first-order valence-corrected chi connectivity index (χ1v) is 5.68. The van der Waals surface area contributed by atoms with E-state index in [1.807, 2.05) is 6.92 Å². The quantitative estimate of drug-likeness (QED) is 0.611. The van der Waals surface area contributed by atoms with Crippen molar-refractivity contribution in [1.29, 1.82) is 0 Å². The van der Waals surface area contributed by atoms with Crippen LogP contribution >= 0.6 is 0 Å². The SMILES string of the molecule is CCOc1cc(CNC(C)C)ccc1[N+](=O)[O-]. The maximum atomic E-state index is 10.8. The molecule has 0 aromatic heterocycles. The smallest absolute Gasteiger partial charge is 0.310 e. The van der Waals surface area contributed by atoms with Gasteiger partial charge in [0.05, 0.1) is 11.5 Å². The Kier molecular flexibility index (Phi) is 4.90. The fourth-order valence-electron chi connectivity index (χ4n) is 1.41. The second-order valence-corrected chi connectivity index (χ2v) is 4.03. The predicted octanol–water partition coefficient (Wildman–Crippen LogP) is 2.49. The van der Waals surface area contributed by atoms with Crippen LogP contribution in [0.5, 0.6) is 5.75 Å². The number of hydrogen-bond acceptors (Lipinski definition) is 4. The number of ether oxygens (including phenoxy) is 1. The van der Waals surface area contributed by atoms with E-state index in [1.165, 1.54) is 6.07 Å². The van der Waals surface area contributed by atoms with Gasteiger partial charge in [-0.05, 0) is 18.6 Å². The van der Waals surface area contributed by atoms with Crippen LogP contribution in [-0.2, 0) is 6.54 Å². The Morgan fingerprint density at radius 3 is 2.71 bits per heavy atom. The monoisotopic (exact) mass is 238 g/mol. The van der Waals surface area contributed by atoms with Gasteiger partial charge >= 0.3 is 5.69 Å². The van der Waals surface area contributed by atoms with Gasteiger partial charge in [0, 0.05) is 18.7 Å². The van der Waals surface area contributed by atoms with Crippen LogP contribution in [0.1, 0.15) is 26.3 Å². The Hall–Kier alpha value is -1.62. The minimum atomic E-state index is -0.426. The van der Waals surface area contributed by atoms with Gasteiger partial charge in [-0.3, -0.25) is 10.1 Å². The molecule has 0 saturated carbocycles. The van der Waals surface area contributed by atoms with Gasteiger partial charge in [-0.1, -0.05) is 19.9 Å². The van der Waals surface area contributed by atoms with E-state index < -0.39 is 4.92 Å². The molecule has 0 bridgehead atoms. The van der Waals surface area contributed by atoms with E-state index in [2.05, 4.69) is 19.2 Å². The van der Waals surface area contributed by atoms with Crippen molar-refractivity contribution in [2.45, 2.75) is 33.4 Å². The molecule has 0 aliphatic carbocycles. The summed E-state index contributed by atoms with van der Waals surface area (Å²) in [4.78, 5) is 10.4. The lowest BCUT2D eigenvalue weighted by Gasteiger charge is -2.10. The lowest BCUT2D eigenvalue weighted by molar-refractivity contribution is -0.385. The molecular weight excluding hydrogens is 220 g/mol. The van der Waals surface area contributed by atoms with E-state index in [1.54, 1.807) is 12.1 Å². The zero-order valence-corrected chi connectivity index (χ0v) is 10.4. The zero-order chi connectivity index (χ0) is 12.8. The number of nitro benzene ring substituents is 1. The summed E-state index contributed by atoms with van der Waals surface area (Å²) in [6.07, 6.45) is 0. The number of nitro groups is 1. The number of hydrogen-bond donors (Lipinski definition) is 1. The van der Waals surface area contributed by atoms with Crippen LogP contribution in [0.3, 0.4) is 0 Å². The van der Waals surface area contributed by atoms with Crippen molar-refractivity contribution < 1.29 is 9.66 Å². The van der Waals surface area contributed by atoms with E-state index in [-0.39, 0.29) is 5.69 Å².